The number of benzene rings is 1. The Morgan fingerprint density at radius 1 is 1.07 bits per heavy atom. The van der Waals surface area contributed by atoms with Crippen LogP contribution in [-0.4, -0.2) is 61.2 Å². The molecule has 0 spiro atoms. The lowest BCUT2D eigenvalue weighted by Crippen LogP contribution is -2.42. The van der Waals surface area contributed by atoms with Crippen molar-refractivity contribution in [2.45, 2.75) is 6.18 Å². The summed E-state index contributed by atoms with van der Waals surface area (Å²) in [6.45, 7) is 0.0130. The number of amides is 1. The molecule has 0 radical (unpaired) electrons. The number of carbonyl (C=O) groups is 1. The summed E-state index contributed by atoms with van der Waals surface area (Å²) in [6.07, 6.45) is -2.02. The van der Waals surface area contributed by atoms with Gasteiger partial charge < -0.3 is 19.3 Å². The molecule has 27 heavy (non-hydrogen) atoms. The summed E-state index contributed by atoms with van der Waals surface area (Å²) in [6, 6.07) is 6.86. The van der Waals surface area contributed by atoms with E-state index in [9.17, 15) is 18.0 Å². The first-order valence-electron chi connectivity index (χ1n) is 7.88. The zero-order chi connectivity index (χ0) is 20.0. The van der Waals surface area contributed by atoms with E-state index in [0.29, 0.717) is 22.2 Å². The fourth-order valence-electron chi connectivity index (χ4n) is 2.07. The first-order chi connectivity index (χ1) is 12.7. The topological polar surface area (TPSA) is 67.8 Å². The number of hydrogen-bond donors (Lipinski definition) is 0. The summed E-state index contributed by atoms with van der Waals surface area (Å²) >= 11 is 0. The Kier molecular flexibility index (Phi) is 6.43. The molecule has 0 aliphatic heterocycles. The minimum absolute atomic E-state index is 0.125. The molecule has 146 valence electrons. The fourth-order valence-corrected chi connectivity index (χ4v) is 2.07. The van der Waals surface area contributed by atoms with Gasteiger partial charge in [0.15, 0.2) is 5.82 Å². The van der Waals surface area contributed by atoms with Gasteiger partial charge in [-0.3, -0.25) is 9.78 Å². The van der Waals surface area contributed by atoms with Gasteiger partial charge in [-0.05, 0) is 24.3 Å². The molecule has 0 atom stereocenters. The lowest BCUT2D eigenvalue weighted by atomic mass is 10.3. The van der Waals surface area contributed by atoms with E-state index >= 15 is 0 Å². The van der Waals surface area contributed by atoms with Gasteiger partial charge in [0.05, 0.1) is 19.5 Å². The van der Waals surface area contributed by atoms with Crippen LogP contribution < -0.4 is 14.4 Å². The Balaban J connectivity index is 1.98. The molecule has 0 unspecified atom stereocenters. The Hall–Kier alpha value is -3.04. The molecule has 1 amide bonds. The second kappa shape index (κ2) is 8.56. The van der Waals surface area contributed by atoms with Crippen molar-refractivity contribution in [1.82, 2.24) is 14.9 Å². The predicted octanol–water partition coefficient (Wildman–Crippen LogP) is 2.73. The Morgan fingerprint density at radius 2 is 1.70 bits per heavy atom. The average molecular weight is 384 g/mol. The molecular weight excluding hydrogens is 365 g/mol. The number of alkyl halides is 3. The molecule has 0 fully saturated rings. The van der Waals surface area contributed by atoms with E-state index in [1.54, 1.807) is 43.3 Å². The molecule has 2 aromatic rings. The van der Waals surface area contributed by atoms with Crippen LogP contribution in [0.15, 0.2) is 36.7 Å². The van der Waals surface area contributed by atoms with Crippen molar-refractivity contribution in [3.63, 3.8) is 0 Å². The molecule has 0 bridgehead atoms. The third-order valence-corrected chi connectivity index (χ3v) is 3.63. The number of carbonyl (C=O) groups excluding carboxylic acids is 1. The van der Waals surface area contributed by atoms with Crippen molar-refractivity contribution in [3.8, 4) is 17.4 Å². The average Bonchev–Trinajstić information content (AvgIpc) is 2.65. The van der Waals surface area contributed by atoms with E-state index in [2.05, 4.69) is 9.97 Å². The highest BCUT2D eigenvalue weighted by molar-refractivity contribution is 5.81. The number of anilines is 1. The van der Waals surface area contributed by atoms with Gasteiger partial charge in [0.25, 0.3) is 0 Å². The van der Waals surface area contributed by atoms with Crippen LogP contribution in [-0.2, 0) is 4.79 Å². The number of nitrogens with zero attached hydrogens (tertiary/aromatic N) is 4. The van der Waals surface area contributed by atoms with Gasteiger partial charge in [0.1, 0.15) is 11.5 Å². The summed E-state index contributed by atoms with van der Waals surface area (Å²) in [4.78, 5) is 21.6. The van der Waals surface area contributed by atoms with Crippen LogP contribution in [0.4, 0.5) is 19.0 Å². The van der Waals surface area contributed by atoms with Gasteiger partial charge in [0.2, 0.25) is 5.88 Å². The third-order valence-electron chi connectivity index (χ3n) is 3.63. The second-order valence-electron chi connectivity index (χ2n) is 5.64. The number of likely N-dealkylation sites (N-methyl/N-ethyl adjacent to an activating group) is 2. The van der Waals surface area contributed by atoms with Crippen molar-refractivity contribution in [2.24, 2.45) is 0 Å². The molecular formula is C17H19F3N4O3. The van der Waals surface area contributed by atoms with Crippen LogP contribution >= 0.6 is 0 Å². The van der Waals surface area contributed by atoms with E-state index in [0.717, 1.165) is 7.05 Å². The zero-order valence-electron chi connectivity index (χ0n) is 15.0. The van der Waals surface area contributed by atoms with Crippen molar-refractivity contribution in [2.75, 3.05) is 39.2 Å². The summed E-state index contributed by atoms with van der Waals surface area (Å²) < 4.78 is 47.9. The molecule has 0 saturated carbocycles. The summed E-state index contributed by atoms with van der Waals surface area (Å²) in [5.41, 5.74) is 0. The van der Waals surface area contributed by atoms with Crippen LogP contribution in [0.3, 0.4) is 0 Å². The molecule has 1 aromatic carbocycles. The molecule has 1 aromatic heterocycles. The number of aromatic nitrogens is 2. The molecule has 0 saturated heterocycles. The van der Waals surface area contributed by atoms with E-state index in [4.69, 9.17) is 9.47 Å². The number of methoxy groups -OCH3 is 1. The van der Waals surface area contributed by atoms with Gasteiger partial charge in [-0.1, -0.05) is 0 Å². The predicted molar refractivity (Wildman–Crippen MR) is 92.1 cm³/mol. The minimum atomic E-state index is -4.89. The standard InChI is InChI=1S/C17H19F3N4O3/c1-23(8-9-24(2)16(25)17(18,19)20)14-10-21-11-15(22-14)27-13-6-4-12(26-3)5-7-13/h4-7,10-11H,8-9H2,1-3H3. The maximum absolute atomic E-state index is 12.4. The van der Waals surface area contributed by atoms with Gasteiger partial charge >= 0.3 is 12.1 Å². The first-order valence-corrected chi connectivity index (χ1v) is 7.88. The van der Waals surface area contributed by atoms with E-state index < -0.39 is 12.1 Å². The summed E-state index contributed by atoms with van der Waals surface area (Å²) in [7, 11) is 4.28. The lowest BCUT2D eigenvalue weighted by Gasteiger charge is -2.23. The second-order valence-corrected chi connectivity index (χ2v) is 5.64. The molecule has 0 aliphatic rings. The maximum atomic E-state index is 12.4. The van der Waals surface area contributed by atoms with Crippen LogP contribution in [0.5, 0.6) is 17.4 Å². The first kappa shape index (κ1) is 20.3. The van der Waals surface area contributed by atoms with Crippen molar-refractivity contribution in [3.05, 3.63) is 36.7 Å². The quantitative estimate of drug-likeness (QED) is 0.731. The van der Waals surface area contributed by atoms with Gasteiger partial charge in [-0.25, -0.2) is 0 Å². The normalized spacial score (nSPS) is 11.0. The molecule has 7 nitrogen and oxygen atoms in total. The zero-order valence-corrected chi connectivity index (χ0v) is 15.0. The fraction of sp³-hybridized carbons (Fsp3) is 0.353. The maximum Gasteiger partial charge on any atom is 0.471 e. The number of halogens is 3. The molecule has 0 N–H and O–H groups in total. The summed E-state index contributed by atoms with van der Waals surface area (Å²) in [5, 5.41) is 0. The van der Waals surface area contributed by atoms with Crippen LogP contribution in [0.25, 0.3) is 0 Å². The van der Waals surface area contributed by atoms with Crippen LogP contribution in [0.2, 0.25) is 0 Å². The lowest BCUT2D eigenvalue weighted by molar-refractivity contribution is -0.183. The number of hydrogen-bond acceptors (Lipinski definition) is 6. The SMILES string of the molecule is COc1ccc(Oc2cncc(N(C)CCN(C)C(=O)C(F)(F)F)n2)cc1. The highest BCUT2D eigenvalue weighted by atomic mass is 19.4. The Labute approximate surface area is 154 Å². The van der Waals surface area contributed by atoms with Crippen LogP contribution in [0, 0.1) is 0 Å². The molecule has 0 aliphatic carbocycles. The summed E-state index contributed by atoms with van der Waals surface area (Å²) in [5.74, 6) is -0.0588. The van der Waals surface area contributed by atoms with E-state index in [-0.39, 0.29) is 19.0 Å². The van der Waals surface area contributed by atoms with Crippen LogP contribution in [0.1, 0.15) is 0 Å². The number of rotatable bonds is 7. The van der Waals surface area contributed by atoms with E-state index in [1.165, 1.54) is 12.4 Å². The molecule has 2 rings (SSSR count). The highest BCUT2D eigenvalue weighted by Gasteiger charge is 2.41. The monoisotopic (exact) mass is 384 g/mol. The van der Waals surface area contributed by atoms with Crippen molar-refractivity contribution >= 4 is 11.7 Å². The van der Waals surface area contributed by atoms with Crippen molar-refractivity contribution < 1.29 is 27.4 Å². The van der Waals surface area contributed by atoms with Gasteiger partial charge in [0, 0.05) is 27.2 Å². The Bertz CT molecular complexity index is 769. The minimum Gasteiger partial charge on any atom is -0.497 e. The molecule has 10 heteroatoms. The third kappa shape index (κ3) is 5.73. The van der Waals surface area contributed by atoms with Gasteiger partial charge in [-0.15, -0.1) is 0 Å². The van der Waals surface area contributed by atoms with E-state index in [1.807, 2.05) is 0 Å². The smallest absolute Gasteiger partial charge is 0.471 e. The highest BCUT2D eigenvalue weighted by Crippen LogP contribution is 2.23. The Morgan fingerprint density at radius 3 is 2.30 bits per heavy atom. The largest absolute Gasteiger partial charge is 0.497 e. The number of ether oxygens (including phenoxy) is 2. The molecule has 1 heterocycles. The van der Waals surface area contributed by atoms with Gasteiger partial charge in [-0.2, -0.15) is 18.2 Å². The van der Waals surface area contributed by atoms with Crippen molar-refractivity contribution in [1.29, 1.82) is 0 Å².